The number of aromatic hydroxyl groups is 1. The molecule has 122 valence electrons. The maximum absolute atomic E-state index is 12.5. The lowest BCUT2D eigenvalue weighted by molar-refractivity contribution is -0.123. The summed E-state index contributed by atoms with van der Waals surface area (Å²) in [6.07, 6.45) is 1.55. The van der Waals surface area contributed by atoms with Crippen LogP contribution in [0.2, 0.25) is 5.02 Å². The number of phenolic OH excluding ortho intramolecular Hbond substituents is 1. The van der Waals surface area contributed by atoms with Gasteiger partial charge in [-0.25, -0.2) is 0 Å². The van der Waals surface area contributed by atoms with E-state index in [0.29, 0.717) is 15.5 Å². The van der Waals surface area contributed by atoms with Crippen molar-refractivity contribution in [1.82, 2.24) is 4.90 Å². The Kier molecular flexibility index (Phi) is 5.17. The monoisotopic (exact) mass is 471 g/mol. The molecular formula is C17H11ClINO3S. The topological polar surface area (TPSA) is 57.6 Å². The van der Waals surface area contributed by atoms with Gasteiger partial charge in [0.05, 0.1) is 11.4 Å². The number of hydrogen-bond donors (Lipinski definition) is 1. The zero-order valence-electron chi connectivity index (χ0n) is 12.2. The van der Waals surface area contributed by atoms with Gasteiger partial charge >= 0.3 is 0 Å². The van der Waals surface area contributed by atoms with E-state index in [4.69, 9.17) is 11.6 Å². The number of imide groups is 1. The Balaban J connectivity index is 1.84. The highest BCUT2D eigenvalue weighted by Crippen LogP contribution is 2.35. The van der Waals surface area contributed by atoms with Gasteiger partial charge in [0.1, 0.15) is 5.75 Å². The molecule has 0 spiro atoms. The highest BCUT2D eigenvalue weighted by Gasteiger charge is 2.35. The number of halogens is 2. The van der Waals surface area contributed by atoms with Gasteiger partial charge in [-0.15, -0.1) is 0 Å². The molecule has 1 aliphatic heterocycles. The van der Waals surface area contributed by atoms with E-state index >= 15 is 0 Å². The Bertz CT molecular complexity index is 851. The first kappa shape index (κ1) is 17.3. The number of amides is 2. The maximum atomic E-state index is 12.5. The quantitative estimate of drug-likeness (QED) is 0.512. The molecule has 0 bridgehead atoms. The van der Waals surface area contributed by atoms with E-state index in [-0.39, 0.29) is 23.4 Å². The largest absolute Gasteiger partial charge is 0.507 e. The van der Waals surface area contributed by atoms with Crippen molar-refractivity contribution in [1.29, 1.82) is 0 Å². The molecule has 1 N–H and O–H groups in total. The third-order valence-corrected chi connectivity index (χ3v) is 5.23. The van der Waals surface area contributed by atoms with Crippen LogP contribution < -0.4 is 0 Å². The summed E-state index contributed by atoms with van der Waals surface area (Å²) in [5, 5.41) is 10.2. The molecule has 7 heteroatoms. The predicted octanol–water partition coefficient (Wildman–Crippen LogP) is 4.89. The van der Waals surface area contributed by atoms with Crippen LogP contribution in [0, 0.1) is 3.57 Å². The number of hydrogen-bond acceptors (Lipinski definition) is 4. The van der Waals surface area contributed by atoms with Crippen molar-refractivity contribution < 1.29 is 14.7 Å². The van der Waals surface area contributed by atoms with Gasteiger partial charge in [0.15, 0.2) is 0 Å². The van der Waals surface area contributed by atoms with Crippen LogP contribution >= 0.6 is 46.0 Å². The molecule has 24 heavy (non-hydrogen) atoms. The van der Waals surface area contributed by atoms with Crippen molar-refractivity contribution >= 4 is 63.2 Å². The Hall–Kier alpha value is -1.51. The Morgan fingerprint density at radius 3 is 2.58 bits per heavy atom. The lowest BCUT2D eigenvalue weighted by Gasteiger charge is -2.12. The molecule has 0 aromatic heterocycles. The summed E-state index contributed by atoms with van der Waals surface area (Å²) in [5.74, 6) is -0.293. The van der Waals surface area contributed by atoms with Crippen molar-refractivity contribution in [2.75, 3.05) is 0 Å². The van der Waals surface area contributed by atoms with Crippen LogP contribution in [0.3, 0.4) is 0 Å². The number of thioether (sulfide) groups is 1. The van der Waals surface area contributed by atoms with Crippen molar-refractivity contribution in [2.24, 2.45) is 0 Å². The number of phenols is 1. The van der Waals surface area contributed by atoms with Gasteiger partial charge in [0.25, 0.3) is 11.1 Å². The molecule has 3 rings (SSSR count). The van der Waals surface area contributed by atoms with Gasteiger partial charge in [0, 0.05) is 14.2 Å². The highest BCUT2D eigenvalue weighted by molar-refractivity contribution is 14.1. The zero-order valence-corrected chi connectivity index (χ0v) is 15.9. The molecule has 1 saturated heterocycles. The first-order valence-electron chi connectivity index (χ1n) is 6.92. The summed E-state index contributed by atoms with van der Waals surface area (Å²) < 4.78 is 0.928. The van der Waals surface area contributed by atoms with E-state index in [1.165, 1.54) is 4.90 Å². The fraction of sp³-hybridized carbons (Fsp3) is 0.0588. The minimum Gasteiger partial charge on any atom is -0.507 e. The molecule has 0 radical (unpaired) electrons. The molecule has 0 unspecified atom stereocenters. The lowest BCUT2D eigenvalue weighted by Crippen LogP contribution is -2.27. The number of carbonyl (C=O) groups excluding carboxylic acids is 2. The molecule has 0 atom stereocenters. The van der Waals surface area contributed by atoms with Crippen LogP contribution in [0.25, 0.3) is 6.08 Å². The van der Waals surface area contributed by atoms with E-state index in [9.17, 15) is 14.7 Å². The second-order valence-corrected chi connectivity index (χ2v) is 7.77. The molecular weight excluding hydrogens is 461 g/mol. The number of benzene rings is 2. The molecule has 2 aromatic rings. The van der Waals surface area contributed by atoms with Gasteiger partial charge < -0.3 is 5.11 Å². The number of carbonyl (C=O) groups is 2. The predicted molar refractivity (Wildman–Crippen MR) is 104 cm³/mol. The number of rotatable bonds is 3. The number of nitrogens with zero attached hydrogens (tertiary/aromatic N) is 1. The van der Waals surface area contributed by atoms with Crippen molar-refractivity contribution in [2.45, 2.75) is 6.54 Å². The fourth-order valence-corrected chi connectivity index (χ4v) is 3.66. The summed E-state index contributed by atoms with van der Waals surface area (Å²) in [4.78, 5) is 26.1. The molecule has 0 saturated carbocycles. The van der Waals surface area contributed by atoms with Crippen LogP contribution in [0.1, 0.15) is 11.1 Å². The lowest BCUT2D eigenvalue weighted by atomic mass is 10.2. The average Bonchev–Trinajstić information content (AvgIpc) is 2.80. The summed E-state index contributed by atoms with van der Waals surface area (Å²) in [7, 11) is 0. The van der Waals surface area contributed by atoms with E-state index in [1.54, 1.807) is 48.5 Å². The van der Waals surface area contributed by atoms with Crippen molar-refractivity contribution in [3.63, 3.8) is 0 Å². The third kappa shape index (κ3) is 3.76. The van der Waals surface area contributed by atoms with Gasteiger partial charge in [0.2, 0.25) is 0 Å². The summed E-state index contributed by atoms with van der Waals surface area (Å²) in [5.41, 5.74) is 1.33. The Labute approximate surface area is 161 Å². The second-order valence-electron chi connectivity index (χ2n) is 5.10. The van der Waals surface area contributed by atoms with Crippen molar-refractivity contribution in [3.05, 3.63) is 67.1 Å². The minimum absolute atomic E-state index is 0.0694. The summed E-state index contributed by atoms with van der Waals surface area (Å²) in [6.45, 7) is 0.192. The fourth-order valence-electron chi connectivity index (χ4n) is 2.19. The SMILES string of the molecule is O=C1S/C(=C\c2cc(I)ccc2O)C(=O)N1Cc1ccc(Cl)cc1. The Morgan fingerprint density at radius 2 is 1.88 bits per heavy atom. The molecule has 2 amide bonds. The van der Waals surface area contributed by atoms with Gasteiger partial charge in [-0.1, -0.05) is 23.7 Å². The van der Waals surface area contributed by atoms with Crippen LogP contribution in [0.5, 0.6) is 5.75 Å². The standard InChI is InChI=1S/C17H11ClINO3S/c18-12-3-1-10(2-4-12)9-20-16(22)15(24-17(20)23)8-11-7-13(19)5-6-14(11)21/h1-8,21H,9H2/b15-8-. The first-order valence-corrected chi connectivity index (χ1v) is 9.20. The summed E-state index contributed by atoms with van der Waals surface area (Å²) >= 11 is 8.83. The maximum Gasteiger partial charge on any atom is 0.293 e. The minimum atomic E-state index is -0.363. The van der Waals surface area contributed by atoms with E-state index in [2.05, 4.69) is 22.6 Å². The van der Waals surface area contributed by atoms with Crippen LogP contribution in [0.4, 0.5) is 4.79 Å². The van der Waals surface area contributed by atoms with E-state index in [1.807, 2.05) is 0 Å². The van der Waals surface area contributed by atoms with Gasteiger partial charge in [-0.05, 0) is 76.3 Å². The molecule has 1 heterocycles. The third-order valence-electron chi connectivity index (χ3n) is 3.40. The zero-order chi connectivity index (χ0) is 17.3. The smallest absolute Gasteiger partial charge is 0.293 e. The molecule has 0 aliphatic carbocycles. The summed E-state index contributed by atoms with van der Waals surface area (Å²) in [6, 6.07) is 12.1. The molecule has 1 fully saturated rings. The molecule has 1 aliphatic rings. The van der Waals surface area contributed by atoms with Crippen LogP contribution in [0.15, 0.2) is 47.4 Å². The normalized spacial score (nSPS) is 16.2. The first-order chi connectivity index (χ1) is 11.4. The van der Waals surface area contributed by atoms with Crippen LogP contribution in [-0.4, -0.2) is 21.2 Å². The highest BCUT2D eigenvalue weighted by atomic mass is 127. The molecule has 4 nitrogen and oxygen atoms in total. The van der Waals surface area contributed by atoms with Crippen LogP contribution in [-0.2, 0) is 11.3 Å². The van der Waals surface area contributed by atoms with E-state index in [0.717, 1.165) is 20.9 Å². The van der Waals surface area contributed by atoms with E-state index < -0.39 is 0 Å². The van der Waals surface area contributed by atoms with Gasteiger partial charge in [-0.3, -0.25) is 14.5 Å². The van der Waals surface area contributed by atoms with Crippen molar-refractivity contribution in [3.8, 4) is 5.75 Å². The molecule has 2 aromatic carbocycles. The Morgan fingerprint density at radius 1 is 1.17 bits per heavy atom. The second kappa shape index (κ2) is 7.16. The van der Waals surface area contributed by atoms with Gasteiger partial charge in [-0.2, -0.15) is 0 Å². The average molecular weight is 472 g/mol.